The van der Waals surface area contributed by atoms with E-state index in [2.05, 4.69) is 16.0 Å². The molecule has 0 atom stereocenters. The van der Waals surface area contributed by atoms with Gasteiger partial charge in [0.05, 0.1) is 12.1 Å². The Labute approximate surface area is 147 Å². The Hall–Kier alpha value is -2.82. The van der Waals surface area contributed by atoms with E-state index >= 15 is 0 Å². The lowest BCUT2D eigenvalue weighted by molar-refractivity contribution is -0.114. The molecule has 0 radical (unpaired) electrons. The van der Waals surface area contributed by atoms with Crippen LogP contribution in [0.25, 0.3) is 0 Å². The molecule has 130 valence electrons. The normalized spacial score (nSPS) is 13.2. The summed E-state index contributed by atoms with van der Waals surface area (Å²) < 4.78 is 0. The van der Waals surface area contributed by atoms with Crippen LogP contribution in [0.3, 0.4) is 0 Å². The molecule has 0 unspecified atom stereocenters. The molecule has 0 saturated heterocycles. The van der Waals surface area contributed by atoms with Gasteiger partial charge in [0.25, 0.3) is 5.91 Å². The van der Waals surface area contributed by atoms with Gasteiger partial charge in [0.1, 0.15) is 0 Å². The highest BCUT2D eigenvalue weighted by Gasteiger charge is 2.24. The van der Waals surface area contributed by atoms with Crippen LogP contribution in [0, 0.1) is 13.8 Å². The van der Waals surface area contributed by atoms with Gasteiger partial charge in [-0.25, -0.2) is 0 Å². The molecule has 1 fully saturated rings. The maximum Gasteiger partial charge on any atom is 0.253 e. The van der Waals surface area contributed by atoms with Crippen molar-refractivity contribution in [3.63, 3.8) is 0 Å². The van der Waals surface area contributed by atoms with Crippen molar-refractivity contribution in [1.82, 2.24) is 5.32 Å². The number of hydrogen-bond donors (Lipinski definition) is 3. The molecular weight excluding hydrogens is 314 g/mol. The molecule has 1 saturated carbocycles. The van der Waals surface area contributed by atoms with Gasteiger partial charge in [-0.2, -0.15) is 0 Å². The topological polar surface area (TPSA) is 70.2 Å². The Morgan fingerprint density at radius 2 is 1.80 bits per heavy atom. The van der Waals surface area contributed by atoms with Gasteiger partial charge in [0.15, 0.2) is 0 Å². The van der Waals surface area contributed by atoms with E-state index in [1.807, 2.05) is 50.2 Å². The van der Waals surface area contributed by atoms with Gasteiger partial charge in [0.2, 0.25) is 5.91 Å². The average Bonchev–Trinajstić information content (AvgIpc) is 3.40. The Morgan fingerprint density at radius 3 is 2.56 bits per heavy atom. The van der Waals surface area contributed by atoms with Gasteiger partial charge in [-0.1, -0.05) is 24.3 Å². The van der Waals surface area contributed by atoms with E-state index in [0.717, 1.165) is 29.7 Å². The van der Waals surface area contributed by atoms with Gasteiger partial charge in [-0.15, -0.1) is 0 Å². The van der Waals surface area contributed by atoms with Crippen LogP contribution in [-0.2, 0) is 4.79 Å². The molecule has 0 heterocycles. The zero-order valence-electron chi connectivity index (χ0n) is 14.6. The van der Waals surface area contributed by atoms with Gasteiger partial charge in [-0.05, 0) is 56.0 Å². The standard InChI is InChI=1S/C20H23N3O2/c1-13-7-8-14(2)18(11-13)23-19(24)12-21-17-6-4-3-5-16(17)20(25)22-15-9-10-15/h3-8,11,15,21H,9-10,12H2,1-2H3,(H,22,25)(H,23,24). The first kappa shape index (κ1) is 17.0. The summed E-state index contributed by atoms with van der Waals surface area (Å²) in [6.45, 7) is 4.04. The summed E-state index contributed by atoms with van der Waals surface area (Å²) in [6.07, 6.45) is 2.08. The lowest BCUT2D eigenvalue weighted by Crippen LogP contribution is -2.27. The molecule has 5 nitrogen and oxygen atoms in total. The van der Waals surface area contributed by atoms with Crippen LogP contribution < -0.4 is 16.0 Å². The second-order valence-electron chi connectivity index (χ2n) is 6.51. The van der Waals surface area contributed by atoms with Crippen LogP contribution in [-0.4, -0.2) is 24.4 Å². The minimum absolute atomic E-state index is 0.0967. The summed E-state index contributed by atoms with van der Waals surface area (Å²) in [6, 6.07) is 13.5. The molecule has 0 aliphatic heterocycles. The maximum atomic E-state index is 12.3. The van der Waals surface area contributed by atoms with Crippen LogP contribution in [0.5, 0.6) is 0 Å². The van der Waals surface area contributed by atoms with E-state index < -0.39 is 0 Å². The van der Waals surface area contributed by atoms with Crippen molar-refractivity contribution in [2.75, 3.05) is 17.2 Å². The van der Waals surface area contributed by atoms with Crippen molar-refractivity contribution in [2.45, 2.75) is 32.7 Å². The number of amides is 2. The van der Waals surface area contributed by atoms with Crippen LogP contribution in [0.1, 0.15) is 34.3 Å². The van der Waals surface area contributed by atoms with E-state index in [0.29, 0.717) is 17.3 Å². The lowest BCUT2D eigenvalue weighted by atomic mass is 10.1. The molecular formula is C20H23N3O2. The summed E-state index contributed by atoms with van der Waals surface area (Å²) in [5.41, 5.74) is 4.15. The highest BCUT2D eigenvalue weighted by molar-refractivity contribution is 6.01. The molecule has 3 N–H and O–H groups in total. The fourth-order valence-corrected chi connectivity index (χ4v) is 2.57. The number of anilines is 2. The summed E-state index contributed by atoms with van der Waals surface area (Å²) in [5, 5.41) is 8.95. The third-order valence-electron chi connectivity index (χ3n) is 4.19. The van der Waals surface area contributed by atoms with Crippen LogP contribution in [0.4, 0.5) is 11.4 Å². The number of carbonyl (C=O) groups excluding carboxylic acids is 2. The van der Waals surface area contributed by atoms with Crippen molar-refractivity contribution in [2.24, 2.45) is 0 Å². The number of para-hydroxylation sites is 1. The third kappa shape index (κ3) is 4.59. The van der Waals surface area contributed by atoms with Gasteiger partial charge >= 0.3 is 0 Å². The lowest BCUT2D eigenvalue weighted by Gasteiger charge is -2.13. The number of carbonyl (C=O) groups is 2. The summed E-state index contributed by atoms with van der Waals surface area (Å²) in [5.74, 6) is -0.244. The SMILES string of the molecule is Cc1ccc(C)c(NC(=O)CNc2ccccc2C(=O)NC2CC2)c1. The maximum absolute atomic E-state index is 12.3. The number of nitrogens with one attached hydrogen (secondary N) is 3. The monoisotopic (exact) mass is 337 g/mol. The molecule has 25 heavy (non-hydrogen) atoms. The van der Waals surface area contributed by atoms with E-state index in [1.165, 1.54) is 0 Å². The number of rotatable bonds is 6. The molecule has 5 heteroatoms. The second kappa shape index (κ2) is 7.38. The van der Waals surface area contributed by atoms with Crippen molar-refractivity contribution in [3.8, 4) is 0 Å². The summed E-state index contributed by atoms with van der Waals surface area (Å²) >= 11 is 0. The fraction of sp³-hybridized carbons (Fsp3) is 0.300. The van der Waals surface area contributed by atoms with Crippen molar-refractivity contribution < 1.29 is 9.59 Å². The zero-order chi connectivity index (χ0) is 17.8. The van der Waals surface area contributed by atoms with Gasteiger partial charge in [-0.3, -0.25) is 9.59 Å². The third-order valence-corrected chi connectivity index (χ3v) is 4.19. The second-order valence-corrected chi connectivity index (χ2v) is 6.51. The average molecular weight is 337 g/mol. The molecule has 3 rings (SSSR count). The number of hydrogen-bond acceptors (Lipinski definition) is 3. The zero-order valence-corrected chi connectivity index (χ0v) is 14.6. The van der Waals surface area contributed by atoms with Crippen LogP contribution in [0.2, 0.25) is 0 Å². The van der Waals surface area contributed by atoms with Gasteiger partial charge < -0.3 is 16.0 Å². The largest absolute Gasteiger partial charge is 0.376 e. The smallest absolute Gasteiger partial charge is 0.253 e. The number of aryl methyl sites for hydroxylation is 2. The van der Waals surface area contributed by atoms with Gasteiger partial charge in [0, 0.05) is 17.4 Å². The molecule has 1 aliphatic carbocycles. The predicted molar refractivity (Wildman–Crippen MR) is 100.0 cm³/mol. The Morgan fingerprint density at radius 1 is 1.04 bits per heavy atom. The van der Waals surface area contributed by atoms with Crippen LogP contribution >= 0.6 is 0 Å². The molecule has 0 spiro atoms. The highest BCUT2D eigenvalue weighted by Crippen LogP contribution is 2.21. The van der Waals surface area contributed by atoms with E-state index in [4.69, 9.17) is 0 Å². The quantitative estimate of drug-likeness (QED) is 0.758. The highest BCUT2D eigenvalue weighted by atomic mass is 16.2. The fourth-order valence-electron chi connectivity index (χ4n) is 2.57. The molecule has 2 aromatic rings. The minimum atomic E-state index is -0.147. The van der Waals surface area contributed by atoms with E-state index in [9.17, 15) is 9.59 Å². The predicted octanol–water partition coefficient (Wildman–Crippen LogP) is 3.25. The van der Waals surface area contributed by atoms with E-state index in [1.54, 1.807) is 6.07 Å². The summed E-state index contributed by atoms with van der Waals surface area (Å²) in [7, 11) is 0. The van der Waals surface area contributed by atoms with Crippen LogP contribution in [0.15, 0.2) is 42.5 Å². The van der Waals surface area contributed by atoms with Crippen molar-refractivity contribution >= 4 is 23.2 Å². The Bertz CT molecular complexity index is 797. The molecule has 0 bridgehead atoms. The minimum Gasteiger partial charge on any atom is -0.376 e. The molecule has 1 aliphatic rings. The first-order valence-electron chi connectivity index (χ1n) is 8.54. The Kier molecular flexibility index (Phi) is 5.03. The van der Waals surface area contributed by atoms with Crippen molar-refractivity contribution in [3.05, 3.63) is 59.2 Å². The molecule has 0 aromatic heterocycles. The van der Waals surface area contributed by atoms with Crippen molar-refractivity contribution in [1.29, 1.82) is 0 Å². The first-order valence-corrected chi connectivity index (χ1v) is 8.54. The Balaban J connectivity index is 1.62. The molecule has 2 aromatic carbocycles. The van der Waals surface area contributed by atoms with E-state index in [-0.39, 0.29) is 18.4 Å². The molecule has 2 amide bonds. The first-order chi connectivity index (χ1) is 12.0. The summed E-state index contributed by atoms with van der Waals surface area (Å²) in [4.78, 5) is 24.5. The number of benzene rings is 2.